The summed E-state index contributed by atoms with van der Waals surface area (Å²) >= 11 is 0. The molecular formula is C16H21ClN4O. The molecule has 1 unspecified atom stereocenters. The Hall–Kier alpha value is -1.85. The molecule has 1 amide bonds. The minimum absolute atomic E-state index is 0. The number of halogens is 1. The van der Waals surface area contributed by atoms with Crippen molar-refractivity contribution in [2.24, 2.45) is 5.92 Å². The highest BCUT2D eigenvalue weighted by Crippen LogP contribution is 2.11. The molecule has 2 aromatic rings. The van der Waals surface area contributed by atoms with Gasteiger partial charge in [-0.15, -0.1) is 12.4 Å². The zero-order valence-electron chi connectivity index (χ0n) is 12.4. The van der Waals surface area contributed by atoms with E-state index >= 15 is 0 Å². The first-order valence-corrected chi connectivity index (χ1v) is 7.42. The van der Waals surface area contributed by atoms with Crippen molar-refractivity contribution < 1.29 is 4.79 Å². The predicted octanol–water partition coefficient (Wildman–Crippen LogP) is 2.02. The fraction of sp³-hybridized carbons (Fsp3) is 0.375. The molecule has 2 heterocycles. The van der Waals surface area contributed by atoms with Crippen molar-refractivity contribution in [3.8, 4) is 5.69 Å². The zero-order valence-corrected chi connectivity index (χ0v) is 13.2. The summed E-state index contributed by atoms with van der Waals surface area (Å²) in [5.74, 6) is 0.639. The lowest BCUT2D eigenvalue weighted by atomic mass is 10.1. The number of benzene rings is 1. The first-order valence-electron chi connectivity index (χ1n) is 7.42. The smallest absolute Gasteiger partial charge is 0.254 e. The summed E-state index contributed by atoms with van der Waals surface area (Å²) in [5.41, 5.74) is 1.55. The summed E-state index contributed by atoms with van der Waals surface area (Å²) in [6.07, 6.45) is 5.62. The van der Waals surface area contributed by atoms with Gasteiger partial charge in [-0.1, -0.05) is 18.2 Å². The zero-order chi connectivity index (χ0) is 14.5. The standard InChI is InChI=1S/C16H20N4O.ClH/c21-16(18-9-7-13-6-8-17-10-13)14-11-19-20(12-14)15-4-2-1-3-5-15;/h1-5,11-13,17H,6-10H2,(H,18,21);1H. The molecule has 1 saturated heterocycles. The summed E-state index contributed by atoms with van der Waals surface area (Å²) in [4.78, 5) is 12.1. The van der Waals surface area contributed by atoms with E-state index in [1.807, 2.05) is 30.3 Å². The van der Waals surface area contributed by atoms with Crippen LogP contribution < -0.4 is 10.6 Å². The molecule has 22 heavy (non-hydrogen) atoms. The van der Waals surface area contributed by atoms with E-state index in [-0.39, 0.29) is 18.3 Å². The lowest BCUT2D eigenvalue weighted by Gasteiger charge is -2.08. The van der Waals surface area contributed by atoms with Gasteiger partial charge in [-0.3, -0.25) is 4.79 Å². The van der Waals surface area contributed by atoms with E-state index in [1.165, 1.54) is 6.42 Å². The molecule has 0 bridgehead atoms. The summed E-state index contributed by atoms with van der Waals surface area (Å²) < 4.78 is 1.72. The number of hydrogen-bond donors (Lipinski definition) is 2. The molecule has 0 saturated carbocycles. The van der Waals surface area contributed by atoms with Gasteiger partial charge in [0.1, 0.15) is 0 Å². The molecule has 3 rings (SSSR count). The summed E-state index contributed by atoms with van der Waals surface area (Å²) in [5, 5.41) is 10.5. The van der Waals surface area contributed by atoms with E-state index in [2.05, 4.69) is 15.7 Å². The van der Waals surface area contributed by atoms with E-state index in [0.29, 0.717) is 11.5 Å². The Bertz CT molecular complexity index is 593. The molecule has 118 valence electrons. The van der Waals surface area contributed by atoms with Crippen LogP contribution in [0.5, 0.6) is 0 Å². The van der Waals surface area contributed by atoms with E-state index in [1.54, 1.807) is 17.1 Å². The fourth-order valence-corrected chi connectivity index (χ4v) is 2.61. The van der Waals surface area contributed by atoms with Crippen LogP contribution in [0.15, 0.2) is 42.7 Å². The maximum Gasteiger partial charge on any atom is 0.254 e. The summed E-state index contributed by atoms with van der Waals surface area (Å²) in [6, 6.07) is 9.78. The first-order chi connectivity index (χ1) is 10.3. The SMILES string of the molecule is Cl.O=C(NCCC1CCNC1)c1cnn(-c2ccccc2)c1. The van der Waals surface area contributed by atoms with Gasteiger partial charge in [0.25, 0.3) is 5.91 Å². The van der Waals surface area contributed by atoms with Gasteiger partial charge in [0.2, 0.25) is 0 Å². The monoisotopic (exact) mass is 320 g/mol. The average molecular weight is 321 g/mol. The Morgan fingerprint density at radius 3 is 2.91 bits per heavy atom. The van der Waals surface area contributed by atoms with E-state index in [0.717, 1.165) is 31.7 Å². The Labute approximate surface area is 136 Å². The van der Waals surface area contributed by atoms with Crippen molar-refractivity contribution in [1.82, 2.24) is 20.4 Å². The van der Waals surface area contributed by atoms with Crippen molar-refractivity contribution >= 4 is 18.3 Å². The largest absolute Gasteiger partial charge is 0.352 e. The highest BCUT2D eigenvalue weighted by molar-refractivity contribution is 5.93. The number of nitrogens with zero attached hydrogens (tertiary/aromatic N) is 2. The molecule has 1 aromatic carbocycles. The first kappa shape index (κ1) is 16.5. The van der Waals surface area contributed by atoms with E-state index in [4.69, 9.17) is 0 Å². The number of carbonyl (C=O) groups excluding carboxylic acids is 1. The highest BCUT2D eigenvalue weighted by atomic mass is 35.5. The van der Waals surface area contributed by atoms with Crippen molar-refractivity contribution in [3.63, 3.8) is 0 Å². The number of amides is 1. The fourth-order valence-electron chi connectivity index (χ4n) is 2.61. The van der Waals surface area contributed by atoms with Crippen LogP contribution in [0.4, 0.5) is 0 Å². The van der Waals surface area contributed by atoms with Gasteiger partial charge < -0.3 is 10.6 Å². The van der Waals surface area contributed by atoms with Crippen molar-refractivity contribution in [3.05, 3.63) is 48.3 Å². The van der Waals surface area contributed by atoms with Gasteiger partial charge in [-0.25, -0.2) is 4.68 Å². The third-order valence-corrected chi connectivity index (χ3v) is 3.87. The number of hydrogen-bond acceptors (Lipinski definition) is 3. The number of para-hydroxylation sites is 1. The Kier molecular flexibility index (Phi) is 5.98. The van der Waals surface area contributed by atoms with E-state index in [9.17, 15) is 4.79 Å². The van der Waals surface area contributed by atoms with Crippen LogP contribution in [-0.2, 0) is 0 Å². The molecule has 0 aliphatic carbocycles. The molecule has 1 atom stereocenters. The minimum atomic E-state index is -0.0527. The summed E-state index contributed by atoms with van der Waals surface area (Å²) in [7, 11) is 0. The van der Waals surface area contributed by atoms with Gasteiger partial charge in [0.15, 0.2) is 0 Å². The van der Waals surface area contributed by atoms with Crippen LogP contribution >= 0.6 is 12.4 Å². The molecule has 1 fully saturated rings. The Morgan fingerprint density at radius 2 is 2.18 bits per heavy atom. The normalized spacial score (nSPS) is 17.0. The van der Waals surface area contributed by atoms with Gasteiger partial charge in [-0.2, -0.15) is 5.10 Å². The quantitative estimate of drug-likeness (QED) is 0.886. The maximum absolute atomic E-state index is 12.1. The molecule has 1 aromatic heterocycles. The second-order valence-electron chi connectivity index (χ2n) is 5.41. The van der Waals surface area contributed by atoms with Crippen molar-refractivity contribution in [2.45, 2.75) is 12.8 Å². The molecule has 5 nitrogen and oxygen atoms in total. The number of carbonyl (C=O) groups is 1. The van der Waals surface area contributed by atoms with Crippen LogP contribution in [0.3, 0.4) is 0 Å². The van der Waals surface area contributed by atoms with Crippen molar-refractivity contribution in [1.29, 1.82) is 0 Å². The molecule has 6 heteroatoms. The van der Waals surface area contributed by atoms with E-state index < -0.39 is 0 Å². The second kappa shape index (κ2) is 7.96. The molecule has 0 radical (unpaired) electrons. The van der Waals surface area contributed by atoms with Gasteiger partial charge in [0.05, 0.1) is 17.4 Å². The Morgan fingerprint density at radius 1 is 1.36 bits per heavy atom. The van der Waals surface area contributed by atoms with Gasteiger partial charge in [0, 0.05) is 12.7 Å². The third-order valence-electron chi connectivity index (χ3n) is 3.87. The topological polar surface area (TPSA) is 59.0 Å². The molecule has 0 spiro atoms. The summed E-state index contributed by atoms with van der Waals surface area (Å²) in [6.45, 7) is 2.89. The van der Waals surface area contributed by atoms with Gasteiger partial charge >= 0.3 is 0 Å². The lowest BCUT2D eigenvalue weighted by Crippen LogP contribution is -2.26. The molecule has 2 N–H and O–H groups in total. The Balaban J connectivity index is 0.00000176. The number of aromatic nitrogens is 2. The van der Waals surface area contributed by atoms with Crippen LogP contribution in [0.25, 0.3) is 5.69 Å². The number of rotatable bonds is 5. The third kappa shape index (κ3) is 4.08. The van der Waals surface area contributed by atoms with Crippen molar-refractivity contribution in [2.75, 3.05) is 19.6 Å². The number of nitrogens with one attached hydrogen (secondary N) is 2. The maximum atomic E-state index is 12.1. The van der Waals surface area contributed by atoms with Crippen LogP contribution in [0.1, 0.15) is 23.2 Å². The molecular weight excluding hydrogens is 300 g/mol. The second-order valence-corrected chi connectivity index (χ2v) is 5.41. The average Bonchev–Trinajstić information content (AvgIpc) is 3.20. The van der Waals surface area contributed by atoms with Crippen LogP contribution in [0, 0.1) is 5.92 Å². The molecule has 1 aliphatic heterocycles. The van der Waals surface area contributed by atoms with Crippen LogP contribution in [0.2, 0.25) is 0 Å². The highest BCUT2D eigenvalue weighted by Gasteiger charge is 2.15. The van der Waals surface area contributed by atoms with Crippen LogP contribution in [-0.4, -0.2) is 35.3 Å². The predicted molar refractivity (Wildman–Crippen MR) is 88.7 cm³/mol. The minimum Gasteiger partial charge on any atom is -0.352 e. The lowest BCUT2D eigenvalue weighted by molar-refractivity contribution is 0.0951. The molecule has 1 aliphatic rings. The van der Waals surface area contributed by atoms with Gasteiger partial charge in [-0.05, 0) is 44.0 Å².